The Hall–Kier alpha value is -1.10. The molecule has 3 N–H and O–H groups in total. The average molecular weight is 253 g/mol. The van der Waals surface area contributed by atoms with Crippen molar-refractivity contribution in [1.29, 1.82) is 0 Å². The fraction of sp³-hybridized carbons (Fsp3) is 0.846. The zero-order valence-electron chi connectivity index (χ0n) is 11.0. The van der Waals surface area contributed by atoms with Crippen molar-refractivity contribution in [1.82, 2.24) is 10.2 Å². The molecule has 0 aromatic heterocycles. The summed E-state index contributed by atoms with van der Waals surface area (Å²) in [6.07, 6.45) is 5.26. The van der Waals surface area contributed by atoms with Crippen LogP contribution >= 0.6 is 0 Å². The first-order chi connectivity index (χ1) is 8.58. The van der Waals surface area contributed by atoms with Crippen LogP contribution < -0.4 is 11.1 Å². The lowest BCUT2D eigenvalue weighted by molar-refractivity contribution is -0.136. The summed E-state index contributed by atoms with van der Waals surface area (Å²) in [6, 6.07) is -0.245. The van der Waals surface area contributed by atoms with Gasteiger partial charge in [0.1, 0.15) is 6.04 Å². The quantitative estimate of drug-likeness (QED) is 0.756. The van der Waals surface area contributed by atoms with Gasteiger partial charge >= 0.3 is 0 Å². The Bertz CT molecular complexity index is 326. The molecule has 1 saturated carbocycles. The summed E-state index contributed by atoms with van der Waals surface area (Å²) >= 11 is 0. The summed E-state index contributed by atoms with van der Waals surface area (Å²) in [5.74, 6) is 0.243. The van der Waals surface area contributed by atoms with Crippen molar-refractivity contribution in [2.24, 2.45) is 11.7 Å². The minimum atomic E-state index is -0.338. The number of carbonyl (C=O) groups is 2. The van der Waals surface area contributed by atoms with E-state index in [9.17, 15) is 9.59 Å². The summed E-state index contributed by atoms with van der Waals surface area (Å²) in [4.78, 5) is 25.6. The Balaban J connectivity index is 2.02. The van der Waals surface area contributed by atoms with Crippen molar-refractivity contribution >= 4 is 11.8 Å². The van der Waals surface area contributed by atoms with Crippen LogP contribution in [0.4, 0.5) is 0 Å². The van der Waals surface area contributed by atoms with Crippen molar-refractivity contribution in [3.8, 4) is 0 Å². The van der Waals surface area contributed by atoms with Gasteiger partial charge in [0.25, 0.3) is 0 Å². The second kappa shape index (κ2) is 5.69. The number of likely N-dealkylation sites (tertiary alicyclic amines) is 1. The maximum absolute atomic E-state index is 12.5. The molecule has 0 radical (unpaired) electrons. The van der Waals surface area contributed by atoms with Crippen molar-refractivity contribution in [2.75, 3.05) is 13.1 Å². The lowest BCUT2D eigenvalue weighted by Gasteiger charge is -2.28. The van der Waals surface area contributed by atoms with Gasteiger partial charge in [-0.2, -0.15) is 0 Å². The molecule has 2 fully saturated rings. The highest BCUT2D eigenvalue weighted by Crippen LogP contribution is 2.29. The van der Waals surface area contributed by atoms with Crippen molar-refractivity contribution < 1.29 is 9.59 Å². The fourth-order valence-electron chi connectivity index (χ4n) is 3.08. The zero-order valence-corrected chi connectivity index (χ0v) is 11.0. The Labute approximate surface area is 108 Å². The fourth-order valence-corrected chi connectivity index (χ4v) is 3.08. The molecule has 102 valence electrons. The third kappa shape index (κ3) is 3.02. The van der Waals surface area contributed by atoms with Crippen LogP contribution in [0.2, 0.25) is 0 Å². The maximum Gasteiger partial charge on any atom is 0.245 e. The number of carbonyl (C=O) groups excluding carboxylic acids is 2. The lowest BCUT2D eigenvalue weighted by Crippen LogP contribution is -2.51. The summed E-state index contributed by atoms with van der Waals surface area (Å²) in [6.45, 7) is 2.83. The number of rotatable bonds is 3. The van der Waals surface area contributed by atoms with E-state index >= 15 is 0 Å². The second-order valence-electron chi connectivity index (χ2n) is 5.56. The topological polar surface area (TPSA) is 75.4 Å². The molecule has 0 aromatic rings. The van der Waals surface area contributed by atoms with Crippen LogP contribution in [0.25, 0.3) is 0 Å². The molecule has 1 aliphatic heterocycles. The molecule has 1 unspecified atom stereocenters. The largest absolute Gasteiger partial charge is 0.344 e. The number of nitrogens with two attached hydrogens (primary N) is 1. The summed E-state index contributed by atoms with van der Waals surface area (Å²) < 4.78 is 0. The van der Waals surface area contributed by atoms with Crippen molar-refractivity contribution in [3.05, 3.63) is 0 Å². The molecule has 0 bridgehead atoms. The molecule has 5 nitrogen and oxygen atoms in total. The Kier molecular flexibility index (Phi) is 4.22. The first-order valence-corrected chi connectivity index (χ1v) is 6.89. The van der Waals surface area contributed by atoms with E-state index in [4.69, 9.17) is 5.73 Å². The molecular weight excluding hydrogens is 230 g/mol. The monoisotopic (exact) mass is 253 g/mol. The number of nitrogens with zero attached hydrogens (tertiary/aromatic N) is 1. The van der Waals surface area contributed by atoms with Gasteiger partial charge in [0.05, 0.1) is 0 Å². The molecule has 1 heterocycles. The standard InChI is InChI=1S/C13H23N3O2/c1-9(17)15-12(10-4-2-3-5-10)13(18)16-7-6-11(14)8-16/h10-12H,2-8,14H2,1H3,(H,15,17)/t11-,12?/m1/s1. The number of hydrogen-bond acceptors (Lipinski definition) is 3. The van der Waals surface area contributed by atoms with Gasteiger partial charge in [0.15, 0.2) is 0 Å². The minimum absolute atomic E-state index is 0.0602. The molecule has 2 atom stereocenters. The predicted octanol–water partition coefficient (Wildman–Crippen LogP) is 0.241. The van der Waals surface area contributed by atoms with Gasteiger partial charge in [-0.1, -0.05) is 12.8 Å². The van der Waals surface area contributed by atoms with Crippen molar-refractivity contribution in [2.45, 2.75) is 51.1 Å². The molecule has 1 saturated heterocycles. The Morgan fingerprint density at radius 1 is 1.28 bits per heavy atom. The molecule has 2 rings (SSSR count). The first kappa shape index (κ1) is 13.3. The van der Waals surface area contributed by atoms with Crippen LogP contribution in [0.5, 0.6) is 0 Å². The van der Waals surface area contributed by atoms with E-state index in [1.54, 1.807) is 0 Å². The van der Waals surface area contributed by atoms with Gasteiger partial charge in [-0.05, 0) is 25.2 Å². The second-order valence-corrected chi connectivity index (χ2v) is 5.56. The third-order valence-electron chi connectivity index (χ3n) is 4.03. The molecule has 18 heavy (non-hydrogen) atoms. The average Bonchev–Trinajstić information content (AvgIpc) is 2.95. The van der Waals surface area contributed by atoms with Gasteiger partial charge in [0, 0.05) is 26.1 Å². The summed E-state index contributed by atoms with van der Waals surface area (Å²) in [5, 5.41) is 2.84. The number of nitrogens with one attached hydrogen (secondary N) is 1. The van der Waals surface area contributed by atoms with Crippen LogP contribution in [-0.4, -0.2) is 41.9 Å². The van der Waals surface area contributed by atoms with E-state index in [0.717, 1.165) is 38.6 Å². The van der Waals surface area contributed by atoms with Crippen LogP contribution in [0.15, 0.2) is 0 Å². The predicted molar refractivity (Wildman–Crippen MR) is 68.7 cm³/mol. The van der Waals surface area contributed by atoms with Crippen molar-refractivity contribution in [3.63, 3.8) is 0 Å². The first-order valence-electron chi connectivity index (χ1n) is 6.89. The lowest BCUT2D eigenvalue weighted by atomic mass is 9.96. The van der Waals surface area contributed by atoms with Crippen LogP contribution in [-0.2, 0) is 9.59 Å². The Morgan fingerprint density at radius 3 is 2.44 bits per heavy atom. The normalized spacial score (nSPS) is 26.3. The zero-order chi connectivity index (χ0) is 13.1. The number of hydrogen-bond donors (Lipinski definition) is 2. The van der Waals surface area contributed by atoms with E-state index in [-0.39, 0.29) is 23.9 Å². The van der Waals surface area contributed by atoms with Gasteiger partial charge in [-0.3, -0.25) is 9.59 Å². The SMILES string of the molecule is CC(=O)NC(C(=O)N1CC[C@@H](N)C1)C1CCCC1. The molecule has 1 aliphatic carbocycles. The highest BCUT2D eigenvalue weighted by molar-refractivity contribution is 5.87. The van der Waals surface area contributed by atoms with Crippen LogP contribution in [0, 0.1) is 5.92 Å². The maximum atomic E-state index is 12.5. The van der Waals surface area contributed by atoms with E-state index in [1.807, 2.05) is 4.90 Å². The van der Waals surface area contributed by atoms with Gasteiger partial charge in [-0.15, -0.1) is 0 Å². The van der Waals surface area contributed by atoms with Gasteiger partial charge < -0.3 is 16.0 Å². The minimum Gasteiger partial charge on any atom is -0.344 e. The van der Waals surface area contributed by atoms with E-state index in [2.05, 4.69) is 5.32 Å². The van der Waals surface area contributed by atoms with E-state index in [1.165, 1.54) is 6.92 Å². The van der Waals surface area contributed by atoms with E-state index < -0.39 is 0 Å². The summed E-state index contributed by atoms with van der Waals surface area (Å²) in [5.41, 5.74) is 5.84. The molecule has 2 amide bonds. The van der Waals surface area contributed by atoms with Crippen LogP contribution in [0.1, 0.15) is 39.0 Å². The molecule has 0 aromatic carbocycles. The molecule has 5 heteroatoms. The van der Waals surface area contributed by atoms with Crippen LogP contribution in [0.3, 0.4) is 0 Å². The highest BCUT2D eigenvalue weighted by Gasteiger charge is 2.36. The van der Waals surface area contributed by atoms with Gasteiger partial charge in [-0.25, -0.2) is 0 Å². The molecule has 2 aliphatic rings. The smallest absolute Gasteiger partial charge is 0.245 e. The van der Waals surface area contributed by atoms with E-state index in [0.29, 0.717) is 12.5 Å². The van der Waals surface area contributed by atoms with Gasteiger partial charge in [0.2, 0.25) is 11.8 Å². The molecule has 0 spiro atoms. The number of amides is 2. The molecular formula is C13H23N3O2. The summed E-state index contributed by atoms with van der Waals surface area (Å²) in [7, 11) is 0. The third-order valence-corrected chi connectivity index (χ3v) is 4.03. The highest BCUT2D eigenvalue weighted by atomic mass is 16.2. The Morgan fingerprint density at radius 2 is 1.94 bits per heavy atom.